The highest BCUT2D eigenvalue weighted by Crippen LogP contribution is 2.37. The number of rotatable bonds is 3. The van der Waals surface area contributed by atoms with Crippen LogP contribution in [0.15, 0.2) is 24.3 Å². The number of hydrogen-bond acceptors (Lipinski definition) is 2. The Balaban J connectivity index is 1.83. The van der Waals surface area contributed by atoms with E-state index in [2.05, 4.69) is 23.3 Å². The van der Waals surface area contributed by atoms with Crippen molar-refractivity contribution in [1.82, 2.24) is 9.78 Å². The zero-order chi connectivity index (χ0) is 14.3. The van der Waals surface area contributed by atoms with Crippen molar-refractivity contribution in [3.8, 4) is 0 Å². The minimum absolute atomic E-state index is 0.210. The fourth-order valence-electron chi connectivity index (χ4n) is 3.25. The van der Waals surface area contributed by atoms with E-state index in [1.807, 2.05) is 20.0 Å². The van der Waals surface area contributed by atoms with Gasteiger partial charge >= 0.3 is 0 Å². The number of aromatic nitrogens is 2. The summed E-state index contributed by atoms with van der Waals surface area (Å²) < 4.78 is 1.67. The van der Waals surface area contributed by atoms with Gasteiger partial charge in [0.15, 0.2) is 0 Å². The van der Waals surface area contributed by atoms with Gasteiger partial charge in [-0.25, -0.2) is 0 Å². The minimum Gasteiger partial charge on any atom is -0.392 e. The van der Waals surface area contributed by atoms with Gasteiger partial charge < -0.3 is 5.11 Å². The third kappa shape index (κ3) is 2.25. The second kappa shape index (κ2) is 5.23. The van der Waals surface area contributed by atoms with Crippen LogP contribution in [-0.2, 0) is 19.9 Å². The van der Waals surface area contributed by atoms with Crippen LogP contribution in [0.5, 0.6) is 0 Å². The van der Waals surface area contributed by atoms with Gasteiger partial charge in [0.05, 0.1) is 11.8 Å². The quantitative estimate of drug-likeness (QED) is 0.943. The molecule has 0 fully saturated rings. The number of aliphatic hydroxyl groups is 1. The molecule has 0 aliphatic heterocycles. The zero-order valence-electron chi connectivity index (χ0n) is 11.8. The van der Waals surface area contributed by atoms with E-state index in [0.29, 0.717) is 11.6 Å². The largest absolute Gasteiger partial charge is 0.392 e. The normalized spacial score (nSPS) is 19.1. The molecule has 4 heteroatoms. The molecular formula is C16H19ClN2O. The molecule has 1 heterocycles. The summed E-state index contributed by atoms with van der Waals surface area (Å²) in [6, 6.07) is 8.40. The number of aliphatic hydroxyl groups excluding tert-OH is 1. The summed E-state index contributed by atoms with van der Waals surface area (Å²) >= 11 is 6.25. The Labute approximate surface area is 124 Å². The number of nitrogens with zero attached hydrogens (tertiary/aromatic N) is 2. The van der Waals surface area contributed by atoms with Crippen LogP contribution >= 0.6 is 11.6 Å². The van der Waals surface area contributed by atoms with E-state index < -0.39 is 6.10 Å². The molecule has 1 aliphatic carbocycles. The highest BCUT2D eigenvalue weighted by atomic mass is 35.5. The van der Waals surface area contributed by atoms with Crippen molar-refractivity contribution < 1.29 is 5.11 Å². The van der Waals surface area contributed by atoms with Gasteiger partial charge in [0.25, 0.3) is 0 Å². The maximum atomic E-state index is 10.6. The van der Waals surface area contributed by atoms with E-state index >= 15 is 0 Å². The van der Waals surface area contributed by atoms with Crippen molar-refractivity contribution >= 4 is 11.6 Å². The fourth-order valence-corrected chi connectivity index (χ4v) is 3.50. The summed E-state index contributed by atoms with van der Waals surface area (Å²) in [4.78, 5) is 0. The molecule has 0 saturated heterocycles. The fraction of sp³-hybridized carbons (Fsp3) is 0.438. The van der Waals surface area contributed by atoms with Gasteiger partial charge in [-0.2, -0.15) is 5.10 Å². The second-order valence-electron chi connectivity index (χ2n) is 5.59. The Morgan fingerprint density at radius 2 is 2.20 bits per heavy atom. The van der Waals surface area contributed by atoms with Crippen LogP contribution in [0, 0.1) is 6.92 Å². The molecule has 1 N–H and O–H groups in total. The number of halogens is 1. The van der Waals surface area contributed by atoms with Gasteiger partial charge in [-0.15, -0.1) is 0 Å². The highest BCUT2D eigenvalue weighted by Gasteiger charge is 2.29. The first-order chi connectivity index (χ1) is 9.58. The van der Waals surface area contributed by atoms with Crippen molar-refractivity contribution in [2.45, 2.75) is 38.2 Å². The van der Waals surface area contributed by atoms with Crippen LogP contribution in [-0.4, -0.2) is 21.0 Å². The van der Waals surface area contributed by atoms with Crippen LogP contribution in [0.4, 0.5) is 0 Å². The molecule has 0 spiro atoms. The first-order valence-corrected chi connectivity index (χ1v) is 7.39. The predicted octanol–water partition coefficient (Wildman–Crippen LogP) is 3.02. The van der Waals surface area contributed by atoms with E-state index in [4.69, 9.17) is 11.6 Å². The summed E-state index contributed by atoms with van der Waals surface area (Å²) in [6.45, 7) is 1.94. The van der Waals surface area contributed by atoms with Crippen molar-refractivity contribution in [2.24, 2.45) is 7.05 Å². The average Bonchev–Trinajstić information content (AvgIpc) is 2.96. The van der Waals surface area contributed by atoms with Gasteiger partial charge in [0, 0.05) is 24.9 Å². The van der Waals surface area contributed by atoms with Crippen molar-refractivity contribution in [2.75, 3.05) is 0 Å². The van der Waals surface area contributed by atoms with E-state index in [9.17, 15) is 5.11 Å². The van der Waals surface area contributed by atoms with Crippen LogP contribution < -0.4 is 0 Å². The van der Waals surface area contributed by atoms with Crippen molar-refractivity contribution in [3.05, 3.63) is 51.8 Å². The Hall–Kier alpha value is -1.32. The van der Waals surface area contributed by atoms with Crippen LogP contribution in [0.2, 0.25) is 5.15 Å². The lowest BCUT2D eigenvalue weighted by molar-refractivity contribution is 0.143. The monoisotopic (exact) mass is 290 g/mol. The number of benzene rings is 1. The lowest BCUT2D eigenvalue weighted by atomic mass is 9.91. The summed E-state index contributed by atoms with van der Waals surface area (Å²) in [6.07, 6.45) is 2.23. The molecule has 3 nitrogen and oxygen atoms in total. The molecule has 2 unspecified atom stereocenters. The summed E-state index contributed by atoms with van der Waals surface area (Å²) in [5, 5.41) is 15.6. The molecule has 2 atom stereocenters. The Morgan fingerprint density at radius 1 is 1.45 bits per heavy atom. The molecule has 0 bridgehead atoms. The molecule has 106 valence electrons. The van der Waals surface area contributed by atoms with Gasteiger partial charge in [0.2, 0.25) is 0 Å². The molecule has 0 amide bonds. The highest BCUT2D eigenvalue weighted by molar-refractivity contribution is 6.30. The summed E-state index contributed by atoms with van der Waals surface area (Å²) in [7, 11) is 1.83. The first-order valence-electron chi connectivity index (χ1n) is 7.01. The van der Waals surface area contributed by atoms with E-state index in [1.54, 1.807) is 4.68 Å². The van der Waals surface area contributed by atoms with Crippen molar-refractivity contribution in [3.63, 3.8) is 0 Å². The van der Waals surface area contributed by atoms with Crippen LogP contribution in [0.1, 0.15) is 34.7 Å². The van der Waals surface area contributed by atoms with Gasteiger partial charge in [-0.1, -0.05) is 35.9 Å². The third-order valence-electron chi connectivity index (χ3n) is 4.33. The van der Waals surface area contributed by atoms with E-state index in [0.717, 1.165) is 24.1 Å². The van der Waals surface area contributed by atoms with Gasteiger partial charge in [-0.05, 0) is 30.9 Å². The lowest BCUT2D eigenvalue weighted by Crippen LogP contribution is -2.19. The third-order valence-corrected chi connectivity index (χ3v) is 4.80. The molecule has 2 aromatic rings. The number of hydrogen-bond donors (Lipinski definition) is 1. The minimum atomic E-state index is -0.404. The molecule has 0 radical (unpaired) electrons. The molecule has 1 aromatic carbocycles. The molecular weight excluding hydrogens is 272 g/mol. The molecule has 20 heavy (non-hydrogen) atoms. The van der Waals surface area contributed by atoms with Gasteiger partial charge in [-0.3, -0.25) is 4.68 Å². The van der Waals surface area contributed by atoms with Crippen LogP contribution in [0.25, 0.3) is 0 Å². The lowest BCUT2D eigenvalue weighted by Gasteiger charge is -2.19. The second-order valence-corrected chi connectivity index (χ2v) is 5.95. The molecule has 3 rings (SSSR count). The number of aryl methyl sites for hydroxylation is 3. The van der Waals surface area contributed by atoms with E-state index in [1.165, 1.54) is 11.1 Å². The maximum Gasteiger partial charge on any atom is 0.130 e. The molecule has 0 saturated carbocycles. The van der Waals surface area contributed by atoms with E-state index in [-0.39, 0.29) is 5.92 Å². The SMILES string of the molecule is Cc1nn(C)c(Cl)c1CC(O)C1CCc2ccccc21. The van der Waals surface area contributed by atoms with Crippen molar-refractivity contribution in [1.29, 1.82) is 0 Å². The van der Waals surface area contributed by atoms with Crippen LogP contribution in [0.3, 0.4) is 0 Å². The first kappa shape index (κ1) is 13.7. The summed E-state index contributed by atoms with van der Waals surface area (Å²) in [5.74, 6) is 0.210. The smallest absolute Gasteiger partial charge is 0.130 e. The predicted molar refractivity (Wildman–Crippen MR) is 80.2 cm³/mol. The molecule has 1 aliphatic rings. The zero-order valence-corrected chi connectivity index (χ0v) is 12.6. The Bertz CT molecular complexity index is 635. The average molecular weight is 291 g/mol. The maximum absolute atomic E-state index is 10.6. The Morgan fingerprint density at radius 3 is 2.90 bits per heavy atom. The number of fused-ring (bicyclic) bond motifs is 1. The molecule has 1 aromatic heterocycles. The summed E-state index contributed by atoms with van der Waals surface area (Å²) in [5.41, 5.74) is 4.53. The Kier molecular flexibility index (Phi) is 3.57. The topological polar surface area (TPSA) is 38.0 Å². The standard InChI is InChI=1S/C16H19ClN2O/c1-10-14(16(17)19(2)18-10)9-15(20)13-8-7-11-5-3-4-6-12(11)13/h3-6,13,15,20H,7-9H2,1-2H3. The van der Waals surface area contributed by atoms with Gasteiger partial charge in [0.1, 0.15) is 5.15 Å².